The highest BCUT2D eigenvalue weighted by Crippen LogP contribution is 2.21. The van der Waals surface area contributed by atoms with E-state index in [0.717, 1.165) is 0 Å². The Morgan fingerprint density at radius 2 is 1.79 bits per heavy atom. The van der Waals surface area contributed by atoms with Crippen molar-refractivity contribution in [3.63, 3.8) is 0 Å². The average molecular weight is 312 g/mol. The zero-order chi connectivity index (χ0) is 9.80. The summed E-state index contributed by atoms with van der Waals surface area (Å²) in [6, 6.07) is 12.5. The Morgan fingerprint density at radius 1 is 1.00 bits per heavy atom. The Labute approximate surface area is 101 Å². The van der Waals surface area contributed by atoms with Gasteiger partial charge < -0.3 is 0 Å². The van der Waals surface area contributed by atoms with Gasteiger partial charge >= 0.3 is 0 Å². The van der Waals surface area contributed by atoms with E-state index in [2.05, 4.69) is 70.5 Å². The van der Waals surface area contributed by atoms with E-state index in [-0.39, 0.29) is 0 Å². The number of benzene rings is 1. The molecule has 0 aliphatic carbocycles. The minimum absolute atomic E-state index is 1.25. The molecule has 0 saturated carbocycles. The monoisotopic (exact) mass is 312 g/mol. The number of halogens is 1. The summed E-state index contributed by atoms with van der Waals surface area (Å²) in [5.74, 6) is 0. The first kappa shape index (κ1) is 9.93. The molecule has 2 heteroatoms. The SMILES string of the molecule is Ic1ccsc1/C=C/c1ccccc1. The van der Waals surface area contributed by atoms with Crippen LogP contribution in [0.2, 0.25) is 0 Å². The van der Waals surface area contributed by atoms with Crippen LogP contribution in [-0.4, -0.2) is 0 Å². The van der Waals surface area contributed by atoms with Crippen molar-refractivity contribution in [2.75, 3.05) is 0 Å². The quantitative estimate of drug-likeness (QED) is 0.715. The van der Waals surface area contributed by atoms with E-state index in [4.69, 9.17) is 0 Å². The summed E-state index contributed by atoms with van der Waals surface area (Å²) in [5.41, 5.74) is 1.25. The van der Waals surface area contributed by atoms with Gasteiger partial charge in [-0.3, -0.25) is 0 Å². The van der Waals surface area contributed by atoms with Crippen LogP contribution < -0.4 is 0 Å². The molecule has 0 saturated heterocycles. The first-order valence-corrected chi connectivity index (χ1v) is 6.28. The summed E-state index contributed by atoms with van der Waals surface area (Å²) in [6.45, 7) is 0. The minimum atomic E-state index is 1.25. The number of rotatable bonds is 2. The van der Waals surface area contributed by atoms with Gasteiger partial charge in [0.25, 0.3) is 0 Å². The highest BCUT2D eigenvalue weighted by atomic mass is 127. The molecule has 0 nitrogen and oxygen atoms in total. The molecule has 2 aromatic rings. The van der Waals surface area contributed by atoms with Gasteiger partial charge in [-0.1, -0.05) is 36.4 Å². The lowest BCUT2D eigenvalue weighted by molar-refractivity contribution is 1.67. The van der Waals surface area contributed by atoms with Crippen LogP contribution in [0.3, 0.4) is 0 Å². The van der Waals surface area contributed by atoms with Gasteiger partial charge in [0.15, 0.2) is 0 Å². The number of thiophene rings is 1. The van der Waals surface area contributed by atoms with E-state index >= 15 is 0 Å². The summed E-state index contributed by atoms with van der Waals surface area (Å²) in [5, 5.41) is 2.12. The predicted octanol–water partition coefficient (Wildman–Crippen LogP) is 4.52. The van der Waals surface area contributed by atoms with Crippen LogP contribution in [0.15, 0.2) is 41.8 Å². The second-order valence-electron chi connectivity index (χ2n) is 2.88. The molecule has 0 radical (unpaired) electrons. The van der Waals surface area contributed by atoms with Crippen LogP contribution in [0.25, 0.3) is 12.2 Å². The fourth-order valence-electron chi connectivity index (χ4n) is 1.16. The lowest BCUT2D eigenvalue weighted by Gasteiger charge is -1.91. The van der Waals surface area contributed by atoms with Gasteiger partial charge in [0.1, 0.15) is 0 Å². The van der Waals surface area contributed by atoms with Gasteiger partial charge in [0, 0.05) is 8.45 Å². The fourth-order valence-corrected chi connectivity index (χ4v) is 2.82. The van der Waals surface area contributed by atoms with Crippen molar-refractivity contribution in [1.29, 1.82) is 0 Å². The van der Waals surface area contributed by atoms with Gasteiger partial charge in [0.05, 0.1) is 0 Å². The fraction of sp³-hybridized carbons (Fsp3) is 0. The van der Waals surface area contributed by atoms with Crippen LogP contribution in [0.5, 0.6) is 0 Å². The van der Waals surface area contributed by atoms with Gasteiger partial charge in [0.2, 0.25) is 0 Å². The average Bonchev–Trinajstić information content (AvgIpc) is 2.63. The Hall–Kier alpha value is -0.610. The van der Waals surface area contributed by atoms with E-state index in [9.17, 15) is 0 Å². The molecule has 1 aromatic carbocycles. The molecule has 70 valence electrons. The van der Waals surface area contributed by atoms with Gasteiger partial charge in [-0.25, -0.2) is 0 Å². The third-order valence-corrected chi connectivity index (χ3v) is 4.06. The van der Waals surface area contributed by atoms with Crippen LogP contribution in [0.4, 0.5) is 0 Å². The lowest BCUT2D eigenvalue weighted by atomic mass is 10.2. The zero-order valence-corrected chi connectivity index (χ0v) is 10.5. The molecule has 0 unspecified atom stereocenters. The number of hydrogen-bond acceptors (Lipinski definition) is 1. The molecule has 0 atom stereocenters. The molecule has 0 bridgehead atoms. The summed E-state index contributed by atoms with van der Waals surface area (Å²) in [6.07, 6.45) is 4.32. The highest BCUT2D eigenvalue weighted by molar-refractivity contribution is 14.1. The highest BCUT2D eigenvalue weighted by Gasteiger charge is 1.94. The van der Waals surface area contributed by atoms with Crippen molar-refractivity contribution >= 4 is 46.1 Å². The summed E-state index contributed by atoms with van der Waals surface area (Å²) < 4.78 is 1.32. The Bertz CT molecular complexity index is 429. The van der Waals surface area contributed by atoms with Gasteiger partial charge in [-0.2, -0.15) is 0 Å². The van der Waals surface area contributed by atoms with E-state index in [1.54, 1.807) is 11.3 Å². The van der Waals surface area contributed by atoms with Crippen molar-refractivity contribution in [3.8, 4) is 0 Å². The first-order valence-electron chi connectivity index (χ1n) is 4.32. The molecular weight excluding hydrogens is 303 g/mol. The van der Waals surface area contributed by atoms with Crippen LogP contribution in [0, 0.1) is 3.57 Å². The molecule has 1 aromatic heterocycles. The molecule has 0 aliphatic rings. The Kier molecular flexibility index (Phi) is 3.37. The Morgan fingerprint density at radius 3 is 2.43 bits per heavy atom. The number of hydrogen-bond donors (Lipinski definition) is 0. The van der Waals surface area contributed by atoms with E-state index in [0.29, 0.717) is 0 Å². The topological polar surface area (TPSA) is 0 Å². The van der Waals surface area contributed by atoms with E-state index < -0.39 is 0 Å². The normalized spacial score (nSPS) is 10.9. The van der Waals surface area contributed by atoms with Crippen molar-refractivity contribution < 1.29 is 0 Å². The standard InChI is InChI=1S/C12H9IS/c13-11-8-9-14-12(11)7-6-10-4-2-1-3-5-10/h1-9H/b7-6+. The molecule has 14 heavy (non-hydrogen) atoms. The van der Waals surface area contributed by atoms with Crippen molar-refractivity contribution in [2.45, 2.75) is 0 Å². The second-order valence-corrected chi connectivity index (χ2v) is 4.99. The van der Waals surface area contributed by atoms with Crippen molar-refractivity contribution in [2.24, 2.45) is 0 Å². The van der Waals surface area contributed by atoms with Crippen LogP contribution in [0.1, 0.15) is 10.4 Å². The third-order valence-electron chi connectivity index (χ3n) is 1.87. The molecular formula is C12H9IS. The molecule has 0 amide bonds. The van der Waals surface area contributed by atoms with Gasteiger partial charge in [-0.05, 0) is 45.7 Å². The zero-order valence-electron chi connectivity index (χ0n) is 7.48. The first-order chi connectivity index (χ1) is 6.86. The summed E-state index contributed by atoms with van der Waals surface area (Å²) >= 11 is 4.13. The molecule has 2 rings (SSSR count). The van der Waals surface area contributed by atoms with Crippen molar-refractivity contribution in [1.82, 2.24) is 0 Å². The maximum absolute atomic E-state index is 2.36. The van der Waals surface area contributed by atoms with E-state index in [1.165, 1.54) is 14.0 Å². The summed E-state index contributed by atoms with van der Waals surface area (Å²) in [4.78, 5) is 1.33. The molecule has 0 N–H and O–H groups in total. The molecule has 0 aliphatic heterocycles. The van der Waals surface area contributed by atoms with Crippen molar-refractivity contribution in [3.05, 3.63) is 55.8 Å². The van der Waals surface area contributed by atoms with Crippen LogP contribution in [-0.2, 0) is 0 Å². The maximum Gasteiger partial charge on any atom is 0.0404 e. The third kappa shape index (κ3) is 2.45. The summed E-state index contributed by atoms with van der Waals surface area (Å²) in [7, 11) is 0. The second kappa shape index (κ2) is 4.75. The smallest absolute Gasteiger partial charge is 0.0404 e. The largest absolute Gasteiger partial charge is 0.143 e. The Balaban J connectivity index is 2.20. The molecule has 0 spiro atoms. The lowest BCUT2D eigenvalue weighted by Crippen LogP contribution is -1.69. The van der Waals surface area contributed by atoms with E-state index in [1.807, 2.05) is 6.07 Å². The van der Waals surface area contributed by atoms with Crippen LogP contribution >= 0.6 is 33.9 Å². The molecule has 1 heterocycles. The predicted molar refractivity (Wildman–Crippen MR) is 72.4 cm³/mol. The van der Waals surface area contributed by atoms with Gasteiger partial charge in [-0.15, -0.1) is 11.3 Å². The molecule has 0 fully saturated rings. The minimum Gasteiger partial charge on any atom is -0.143 e. The maximum atomic E-state index is 2.36.